The van der Waals surface area contributed by atoms with Crippen molar-refractivity contribution in [3.63, 3.8) is 0 Å². The van der Waals surface area contributed by atoms with Crippen LogP contribution in [0, 0.1) is 17.8 Å². The van der Waals surface area contributed by atoms with Gasteiger partial charge in [0.25, 0.3) is 0 Å². The number of nitrogens with one attached hydrogen (secondary N) is 1. The fourth-order valence-corrected chi connectivity index (χ4v) is 1.76. The summed E-state index contributed by atoms with van der Waals surface area (Å²) in [6, 6.07) is 0. The molecule has 0 aromatic rings. The Morgan fingerprint density at radius 2 is 1.70 bits per heavy atom. The van der Waals surface area contributed by atoms with Gasteiger partial charge in [-0.2, -0.15) is 0 Å². The standard InChI is InChI=1S/C15H29NO4/c1-10(2)6-7-20-12(5)14(17)16-9-13(15(18)19)8-11(3)4/h10-13H,6-9H2,1-5H3,(H,16,17)(H,18,19). The minimum atomic E-state index is -0.868. The second-order valence-electron chi connectivity index (χ2n) is 6.11. The maximum atomic E-state index is 11.8. The number of carbonyl (C=O) groups is 2. The van der Waals surface area contributed by atoms with Crippen LogP contribution in [0.25, 0.3) is 0 Å². The molecule has 2 N–H and O–H groups in total. The second-order valence-corrected chi connectivity index (χ2v) is 6.11. The van der Waals surface area contributed by atoms with Crippen LogP contribution in [-0.2, 0) is 14.3 Å². The van der Waals surface area contributed by atoms with Gasteiger partial charge in [-0.05, 0) is 31.6 Å². The number of carboxylic acid groups (broad SMARTS) is 1. The van der Waals surface area contributed by atoms with E-state index >= 15 is 0 Å². The van der Waals surface area contributed by atoms with Gasteiger partial charge in [-0.3, -0.25) is 9.59 Å². The molecule has 2 unspecified atom stereocenters. The maximum Gasteiger partial charge on any atom is 0.308 e. The molecule has 0 aromatic carbocycles. The highest BCUT2D eigenvalue weighted by Gasteiger charge is 2.21. The van der Waals surface area contributed by atoms with E-state index < -0.39 is 18.0 Å². The third-order valence-corrected chi connectivity index (χ3v) is 3.06. The number of amides is 1. The van der Waals surface area contributed by atoms with Crippen LogP contribution >= 0.6 is 0 Å². The van der Waals surface area contributed by atoms with Crippen molar-refractivity contribution in [3.8, 4) is 0 Å². The molecule has 5 heteroatoms. The third kappa shape index (κ3) is 8.91. The quantitative estimate of drug-likeness (QED) is 0.646. The summed E-state index contributed by atoms with van der Waals surface area (Å²) in [5, 5.41) is 11.8. The molecule has 118 valence electrons. The molecule has 0 bridgehead atoms. The average molecular weight is 287 g/mol. The first-order chi connectivity index (χ1) is 9.23. The Balaban J connectivity index is 4.07. The summed E-state index contributed by atoms with van der Waals surface area (Å²) in [4.78, 5) is 22.9. The van der Waals surface area contributed by atoms with E-state index in [-0.39, 0.29) is 18.4 Å². The highest BCUT2D eigenvalue weighted by atomic mass is 16.5. The zero-order valence-corrected chi connectivity index (χ0v) is 13.3. The van der Waals surface area contributed by atoms with Crippen LogP contribution in [0.3, 0.4) is 0 Å². The van der Waals surface area contributed by atoms with Crippen LogP contribution < -0.4 is 5.32 Å². The summed E-state index contributed by atoms with van der Waals surface area (Å²) in [6.45, 7) is 10.5. The van der Waals surface area contributed by atoms with Crippen LogP contribution in [0.1, 0.15) is 47.5 Å². The van der Waals surface area contributed by atoms with Gasteiger partial charge in [-0.15, -0.1) is 0 Å². The van der Waals surface area contributed by atoms with Crippen molar-refractivity contribution in [1.29, 1.82) is 0 Å². The molecule has 0 aromatic heterocycles. The zero-order valence-electron chi connectivity index (χ0n) is 13.3. The normalized spacial score (nSPS) is 14.3. The summed E-state index contributed by atoms with van der Waals surface area (Å²) in [5.74, 6) is -0.835. The minimum absolute atomic E-state index is 0.157. The molecule has 0 saturated carbocycles. The van der Waals surface area contributed by atoms with Crippen LogP contribution in [-0.4, -0.2) is 36.2 Å². The van der Waals surface area contributed by atoms with Gasteiger partial charge in [0.15, 0.2) is 0 Å². The number of ether oxygens (including phenoxy) is 1. The lowest BCUT2D eigenvalue weighted by Gasteiger charge is -2.18. The molecule has 0 aliphatic rings. The highest BCUT2D eigenvalue weighted by Crippen LogP contribution is 2.11. The maximum absolute atomic E-state index is 11.8. The molecule has 0 rings (SSSR count). The number of carbonyl (C=O) groups excluding carboxylic acids is 1. The fourth-order valence-electron chi connectivity index (χ4n) is 1.76. The van der Waals surface area contributed by atoms with Gasteiger partial charge in [0.05, 0.1) is 5.92 Å². The molecule has 0 saturated heterocycles. The first kappa shape index (κ1) is 18.9. The highest BCUT2D eigenvalue weighted by molar-refractivity contribution is 5.81. The van der Waals surface area contributed by atoms with E-state index in [1.165, 1.54) is 0 Å². The van der Waals surface area contributed by atoms with Crippen molar-refractivity contribution in [2.45, 2.75) is 53.6 Å². The number of carboxylic acids is 1. The summed E-state index contributed by atoms with van der Waals surface area (Å²) in [7, 11) is 0. The van der Waals surface area contributed by atoms with Crippen molar-refractivity contribution in [3.05, 3.63) is 0 Å². The van der Waals surface area contributed by atoms with Gasteiger partial charge in [0, 0.05) is 13.2 Å². The molecule has 0 spiro atoms. The summed E-state index contributed by atoms with van der Waals surface area (Å²) < 4.78 is 5.43. The van der Waals surface area contributed by atoms with E-state index in [1.807, 2.05) is 13.8 Å². The molecule has 0 fully saturated rings. The predicted octanol–water partition coefficient (Wildman–Crippen LogP) is 2.30. The van der Waals surface area contributed by atoms with E-state index in [0.29, 0.717) is 18.9 Å². The topological polar surface area (TPSA) is 75.6 Å². The molecule has 5 nitrogen and oxygen atoms in total. The molecule has 2 atom stereocenters. The Morgan fingerprint density at radius 1 is 1.10 bits per heavy atom. The predicted molar refractivity (Wildman–Crippen MR) is 78.5 cm³/mol. The Labute approximate surface area is 122 Å². The third-order valence-electron chi connectivity index (χ3n) is 3.06. The molecule has 0 heterocycles. The van der Waals surface area contributed by atoms with Crippen molar-refractivity contribution < 1.29 is 19.4 Å². The lowest BCUT2D eigenvalue weighted by molar-refractivity contribution is -0.142. The number of hydrogen-bond donors (Lipinski definition) is 2. The van der Waals surface area contributed by atoms with Crippen molar-refractivity contribution in [2.75, 3.05) is 13.2 Å². The van der Waals surface area contributed by atoms with E-state index in [4.69, 9.17) is 9.84 Å². The van der Waals surface area contributed by atoms with Crippen molar-refractivity contribution in [2.24, 2.45) is 17.8 Å². The Hall–Kier alpha value is -1.10. The number of hydrogen-bond acceptors (Lipinski definition) is 3. The smallest absolute Gasteiger partial charge is 0.308 e. The molecule has 0 radical (unpaired) electrons. The van der Waals surface area contributed by atoms with E-state index in [1.54, 1.807) is 6.92 Å². The fraction of sp³-hybridized carbons (Fsp3) is 0.867. The van der Waals surface area contributed by atoms with Crippen LogP contribution in [0.5, 0.6) is 0 Å². The van der Waals surface area contributed by atoms with Gasteiger partial charge in [0.2, 0.25) is 5.91 Å². The zero-order chi connectivity index (χ0) is 15.7. The van der Waals surface area contributed by atoms with E-state index in [0.717, 1.165) is 6.42 Å². The Kier molecular flexibility index (Phi) is 9.21. The first-order valence-electron chi connectivity index (χ1n) is 7.36. The monoisotopic (exact) mass is 287 g/mol. The molecular formula is C15H29NO4. The van der Waals surface area contributed by atoms with Crippen LogP contribution in [0.2, 0.25) is 0 Å². The van der Waals surface area contributed by atoms with Gasteiger partial charge in [-0.1, -0.05) is 27.7 Å². The van der Waals surface area contributed by atoms with Crippen LogP contribution in [0.4, 0.5) is 0 Å². The van der Waals surface area contributed by atoms with Crippen molar-refractivity contribution in [1.82, 2.24) is 5.32 Å². The SMILES string of the molecule is CC(C)CCOC(C)C(=O)NCC(CC(C)C)C(=O)O. The Bertz CT molecular complexity index is 302. The largest absolute Gasteiger partial charge is 0.481 e. The van der Waals surface area contributed by atoms with Gasteiger partial charge in [-0.25, -0.2) is 0 Å². The Morgan fingerprint density at radius 3 is 2.15 bits per heavy atom. The summed E-state index contributed by atoms with van der Waals surface area (Å²) in [5.41, 5.74) is 0. The average Bonchev–Trinajstić information content (AvgIpc) is 2.32. The van der Waals surface area contributed by atoms with Gasteiger partial charge >= 0.3 is 5.97 Å². The molecule has 0 aliphatic heterocycles. The number of rotatable bonds is 10. The summed E-state index contributed by atoms with van der Waals surface area (Å²) >= 11 is 0. The van der Waals surface area contributed by atoms with Gasteiger partial charge in [0.1, 0.15) is 6.10 Å². The van der Waals surface area contributed by atoms with Gasteiger partial charge < -0.3 is 15.2 Å². The molecular weight excluding hydrogens is 258 g/mol. The van der Waals surface area contributed by atoms with Crippen molar-refractivity contribution >= 4 is 11.9 Å². The van der Waals surface area contributed by atoms with E-state index in [2.05, 4.69) is 19.2 Å². The van der Waals surface area contributed by atoms with E-state index in [9.17, 15) is 9.59 Å². The number of aliphatic carboxylic acids is 1. The lowest BCUT2D eigenvalue weighted by Crippen LogP contribution is -2.39. The minimum Gasteiger partial charge on any atom is -0.481 e. The molecule has 20 heavy (non-hydrogen) atoms. The summed E-state index contributed by atoms with van der Waals surface area (Å²) in [6.07, 6.45) is 0.920. The first-order valence-corrected chi connectivity index (χ1v) is 7.36. The molecule has 1 amide bonds. The molecule has 0 aliphatic carbocycles. The lowest BCUT2D eigenvalue weighted by atomic mass is 9.97. The van der Waals surface area contributed by atoms with Crippen LogP contribution in [0.15, 0.2) is 0 Å². The second kappa shape index (κ2) is 9.75.